The molecule has 1 atom stereocenters. The Kier molecular flexibility index (Phi) is 10.4. The summed E-state index contributed by atoms with van der Waals surface area (Å²) in [7, 11) is 0. The molecule has 0 saturated carbocycles. The van der Waals surface area contributed by atoms with E-state index in [0.29, 0.717) is 42.2 Å². The zero-order valence-corrected chi connectivity index (χ0v) is 25.9. The standard InChI is InChI=1S/C32H30BrClF3NO5/c1-31(2,32(35,36)37)29(40)12-5-19-3-10-26(34)24(15-19)27(39)17-20-4-11-28(43-23-13-14-42-18-23)25(16-20)30(41)38-22-8-6-21(33)7-9-22/h3-4,6-11,15-16,23H,5,12-14,17-18H2,1-2H3,(H,38,41). The summed E-state index contributed by atoms with van der Waals surface area (Å²) in [6, 6.07) is 16.6. The van der Waals surface area contributed by atoms with Crippen molar-refractivity contribution in [3.8, 4) is 5.75 Å². The summed E-state index contributed by atoms with van der Waals surface area (Å²) in [5.41, 5.74) is -0.442. The Hall–Kier alpha value is -3.21. The molecule has 1 aliphatic heterocycles. The molecule has 3 aromatic rings. The molecule has 1 amide bonds. The molecule has 43 heavy (non-hydrogen) atoms. The maximum absolute atomic E-state index is 13.3. The van der Waals surface area contributed by atoms with Gasteiger partial charge in [0.05, 0.1) is 23.8 Å². The van der Waals surface area contributed by atoms with Crippen LogP contribution in [0, 0.1) is 5.41 Å². The number of hydrogen-bond acceptors (Lipinski definition) is 5. The number of rotatable bonds is 11. The highest BCUT2D eigenvalue weighted by Gasteiger charge is 2.51. The summed E-state index contributed by atoms with van der Waals surface area (Å²) in [5.74, 6) is -1.36. The number of halogens is 5. The van der Waals surface area contributed by atoms with Crippen LogP contribution in [-0.4, -0.2) is 43.0 Å². The highest BCUT2D eigenvalue weighted by Crippen LogP contribution is 2.39. The predicted octanol–water partition coefficient (Wildman–Crippen LogP) is 8.04. The van der Waals surface area contributed by atoms with Crippen molar-refractivity contribution in [2.45, 2.75) is 51.8 Å². The first kappa shape index (κ1) is 32.7. The minimum Gasteiger partial charge on any atom is -0.487 e. The van der Waals surface area contributed by atoms with Gasteiger partial charge in [-0.3, -0.25) is 14.4 Å². The first-order chi connectivity index (χ1) is 20.2. The zero-order chi connectivity index (χ0) is 31.4. The minimum absolute atomic E-state index is 0.0209. The molecule has 1 fully saturated rings. The van der Waals surface area contributed by atoms with E-state index in [9.17, 15) is 27.6 Å². The maximum Gasteiger partial charge on any atom is 0.400 e. The summed E-state index contributed by atoms with van der Waals surface area (Å²) in [5, 5.41) is 3.02. The lowest BCUT2D eigenvalue weighted by atomic mass is 9.84. The number of ether oxygens (including phenoxy) is 2. The second-order valence-electron chi connectivity index (χ2n) is 10.9. The number of alkyl halides is 3. The Labute approximate surface area is 261 Å². The number of hydrogen-bond donors (Lipinski definition) is 1. The Morgan fingerprint density at radius 3 is 2.33 bits per heavy atom. The fourth-order valence-electron chi connectivity index (χ4n) is 4.44. The molecule has 228 valence electrons. The Bertz CT molecular complexity index is 1500. The van der Waals surface area contributed by atoms with E-state index in [-0.39, 0.29) is 47.3 Å². The van der Waals surface area contributed by atoms with Crippen LogP contribution in [0.1, 0.15) is 58.5 Å². The quantitative estimate of drug-likeness (QED) is 0.208. The largest absolute Gasteiger partial charge is 0.487 e. The molecule has 0 radical (unpaired) electrons. The topological polar surface area (TPSA) is 81.7 Å². The summed E-state index contributed by atoms with van der Waals surface area (Å²) >= 11 is 9.69. The normalized spacial score (nSPS) is 15.3. The van der Waals surface area contributed by atoms with Crippen molar-refractivity contribution in [3.63, 3.8) is 0 Å². The van der Waals surface area contributed by atoms with Crippen LogP contribution in [0.3, 0.4) is 0 Å². The van der Waals surface area contributed by atoms with Gasteiger partial charge in [-0.05, 0) is 79.9 Å². The first-order valence-electron chi connectivity index (χ1n) is 13.6. The van der Waals surface area contributed by atoms with Crippen molar-refractivity contribution in [2.75, 3.05) is 18.5 Å². The molecule has 1 heterocycles. The van der Waals surface area contributed by atoms with Crippen LogP contribution in [-0.2, 0) is 22.4 Å². The molecular weight excluding hydrogens is 651 g/mol. The third-order valence-corrected chi connectivity index (χ3v) is 8.17. The van der Waals surface area contributed by atoms with Crippen molar-refractivity contribution < 1.29 is 37.0 Å². The van der Waals surface area contributed by atoms with Gasteiger partial charge in [0.1, 0.15) is 23.1 Å². The van der Waals surface area contributed by atoms with E-state index in [0.717, 1.165) is 18.3 Å². The van der Waals surface area contributed by atoms with Gasteiger partial charge in [-0.25, -0.2) is 0 Å². The average molecular weight is 681 g/mol. The highest BCUT2D eigenvalue weighted by molar-refractivity contribution is 9.10. The van der Waals surface area contributed by atoms with E-state index < -0.39 is 23.3 Å². The van der Waals surface area contributed by atoms with E-state index in [2.05, 4.69) is 21.2 Å². The number of carbonyl (C=O) groups is 3. The van der Waals surface area contributed by atoms with Crippen molar-refractivity contribution in [1.82, 2.24) is 0 Å². The summed E-state index contributed by atoms with van der Waals surface area (Å²) in [4.78, 5) is 39.0. The number of aryl methyl sites for hydroxylation is 1. The van der Waals surface area contributed by atoms with Gasteiger partial charge in [0.15, 0.2) is 5.78 Å². The number of nitrogens with one attached hydrogen (secondary N) is 1. The van der Waals surface area contributed by atoms with Crippen LogP contribution >= 0.6 is 27.5 Å². The third kappa shape index (κ3) is 8.25. The van der Waals surface area contributed by atoms with Gasteiger partial charge in [-0.2, -0.15) is 13.2 Å². The fraction of sp³-hybridized carbons (Fsp3) is 0.344. The van der Waals surface area contributed by atoms with Gasteiger partial charge >= 0.3 is 6.18 Å². The van der Waals surface area contributed by atoms with Gasteiger partial charge in [0.25, 0.3) is 5.91 Å². The van der Waals surface area contributed by atoms with E-state index in [1.54, 1.807) is 48.5 Å². The van der Waals surface area contributed by atoms with Gasteiger partial charge in [0, 0.05) is 35.0 Å². The van der Waals surface area contributed by atoms with E-state index >= 15 is 0 Å². The summed E-state index contributed by atoms with van der Waals surface area (Å²) < 4.78 is 52.0. The lowest BCUT2D eigenvalue weighted by molar-refractivity contribution is -0.210. The number of ketones is 2. The Morgan fingerprint density at radius 1 is 1.00 bits per heavy atom. The average Bonchev–Trinajstić information content (AvgIpc) is 3.47. The molecule has 1 saturated heterocycles. The second kappa shape index (κ2) is 13.6. The van der Waals surface area contributed by atoms with Crippen molar-refractivity contribution >= 4 is 50.7 Å². The van der Waals surface area contributed by atoms with Crippen LogP contribution in [0.5, 0.6) is 5.75 Å². The van der Waals surface area contributed by atoms with E-state index in [1.165, 1.54) is 12.1 Å². The molecule has 0 aliphatic carbocycles. The third-order valence-electron chi connectivity index (χ3n) is 7.31. The Balaban J connectivity index is 1.52. The molecule has 4 rings (SSSR count). The fourth-order valence-corrected chi connectivity index (χ4v) is 4.92. The van der Waals surface area contributed by atoms with Gasteiger partial charge in [0.2, 0.25) is 0 Å². The van der Waals surface area contributed by atoms with Crippen LogP contribution < -0.4 is 10.1 Å². The Morgan fingerprint density at radius 2 is 1.67 bits per heavy atom. The van der Waals surface area contributed by atoms with Crippen LogP contribution in [0.15, 0.2) is 65.1 Å². The number of anilines is 1. The number of benzene rings is 3. The first-order valence-corrected chi connectivity index (χ1v) is 14.8. The molecule has 1 unspecified atom stereocenters. The minimum atomic E-state index is -4.66. The van der Waals surface area contributed by atoms with Crippen molar-refractivity contribution in [2.24, 2.45) is 5.41 Å². The second-order valence-corrected chi connectivity index (χ2v) is 12.2. The maximum atomic E-state index is 13.3. The van der Waals surface area contributed by atoms with Gasteiger partial charge in [-0.1, -0.05) is 39.7 Å². The molecular formula is C32H30BrClF3NO5. The number of carbonyl (C=O) groups excluding carboxylic acids is 3. The number of amides is 1. The molecule has 3 aromatic carbocycles. The lowest BCUT2D eigenvalue weighted by Crippen LogP contribution is -2.39. The highest BCUT2D eigenvalue weighted by atomic mass is 79.9. The van der Waals surface area contributed by atoms with E-state index in [4.69, 9.17) is 21.1 Å². The molecule has 0 aromatic heterocycles. The molecule has 1 N–H and O–H groups in total. The molecule has 0 bridgehead atoms. The smallest absolute Gasteiger partial charge is 0.400 e. The van der Waals surface area contributed by atoms with Crippen molar-refractivity contribution in [3.05, 3.63) is 92.4 Å². The van der Waals surface area contributed by atoms with Crippen LogP contribution in [0.25, 0.3) is 0 Å². The SMILES string of the molecule is CC(C)(C(=O)CCc1ccc(Cl)c(C(=O)Cc2ccc(OC3CCOC3)c(C(=O)Nc3ccc(Br)cc3)c2)c1)C(F)(F)F. The van der Waals surface area contributed by atoms with Crippen LogP contribution in [0.4, 0.5) is 18.9 Å². The van der Waals surface area contributed by atoms with Gasteiger partial charge < -0.3 is 14.8 Å². The monoisotopic (exact) mass is 679 g/mol. The van der Waals surface area contributed by atoms with Gasteiger partial charge in [-0.15, -0.1) is 0 Å². The van der Waals surface area contributed by atoms with Crippen LogP contribution in [0.2, 0.25) is 5.02 Å². The molecule has 6 nitrogen and oxygen atoms in total. The molecule has 1 aliphatic rings. The molecule has 11 heteroatoms. The summed E-state index contributed by atoms with van der Waals surface area (Å²) in [6.07, 6.45) is -4.61. The van der Waals surface area contributed by atoms with Crippen molar-refractivity contribution in [1.29, 1.82) is 0 Å². The predicted molar refractivity (Wildman–Crippen MR) is 161 cm³/mol. The van der Waals surface area contributed by atoms with E-state index in [1.807, 2.05) is 0 Å². The zero-order valence-electron chi connectivity index (χ0n) is 23.5. The molecule has 0 spiro atoms. The summed E-state index contributed by atoms with van der Waals surface area (Å²) in [6.45, 7) is 2.68. The number of Topliss-reactive ketones (excluding diaryl/α,β-unsaturated/α-hetero) is 2. The lowest BCUT2D eigenvalue weighted by Gasteiger charge is -2.26.